The van der Waals surface area contributed by atoms with E-state index in [-0.39, 0.29) is 41.1 Å². The van der Waals surface area contributed by atoms with Gasteiger partial charge in [0.25, 0.3) is 0 Å². The molecule has 0 unspecified atom stereocenters. The fourth-order valence-electron chi connectivity index (χ4n) is 1.89. The van der Waals surface area contributed by atoms with Crippen LogP contribution in [0, 0.1) is 0 Å². The van der Waals surface area contributed by atoms with Gasteiger partial charge in [0.1, 0.15) is 5.75 Å². The number of fused-ring (bicyclic) bond motifs is 1. The van der Waals surface area contributed by atoms with Gasteiger partial charge in [-0.25, -0.2) is 8.42 Å². The Bertz CT molecular complexity index is 667. The maximum atomic E-state index is 10.5. The van der Waals surface area contributed by atoms with Crippen molar-refractivity contribution in [3.05, 3.63) is 42.0 Å². The number of phenols is 1. The number of benzene rings is 2. The Labute approximate surface area is 134 Å². The van der Waals surface area contributed by atoms with Gasteiger partial charge in [-0.05, 0) is 41.3 Å². The van der Waals surface area contributed by atoms with E-state index in [1.165, 1.54) is 0 Å². The van der Waals surface area contributed by atoms with Crippen LogP contribution in [-0.4, -0.2) is 23.8 Å². The average molecular weight is 288 g/mol. The van der Waals surface area contributed by atoms with Crippen LogP contribution in [0.25, 0.3) is 10.8 Å². The van der Waals surface area contributed by atoms with Gasteiger partial charge in [0.2, 0.25) is 0 Å². The molecule has 0 saturated carbocycles. The molecular formula is C13H13NaO4S. The SMILES string of the molecule is O=S(=O)([O-])CCCc1ccc2cc(O)ccc2c1.[Na+]. The minimum Gasteiger partial charge on any atom is -0.748 e. The largest absolute Gasteiger partial charge is 1.00 e. The maximum absolute atomic E-state index is 10.5. The predicted octanol–water partition coefficient (Wildman–Crippen LogP) is -0.973. The molecule has 0 saturated heterocycles. The van der Waals surface area contributed by atoms with Gasteiger partial charge in [-0.15, -0.1) is 0 Å². The van der Waals surface area contributed by atoms with Gasteiger partial charge in [-0.2, -0.15) is 0 Å². The summed E-state index contributed by atoms with van der Waals surface area (Å²) in [6, 6.07) is 10.8. The summed E-state index contributed by atoms with van der Waals surface area (Å²) < 4.78 is 31.5. The van der Waals surface area contributed by atoms with Crippen LogP contribution in [0.3, 0.4) is 0 Å². The van der Waals surface area contributed by atoms with Crippen molar-refractivity contribution in [2.24, 2.45) is 0 Å². The van der Waals surface area contributed by atoms with Crippen LogP contribution in [0.2, 0.25) is 0 Å². The summed E-state index contributed by atoms with van der Waals surface area (Å²) >= 11 is 0. The minimum atomic E-state index is -4.13. The molecule has 19 heavy (non-hydrogen) atoms. The zero-order chi connectivity index (χ0) is 13.2. The molecular weight excluding hydrogens is 275 g/mol. The molecule has 0 heterocycles. The molecule has 1 N–H and O–H groups in total. The van der Waals surface area contributed by atoms with Gasteiger partial charge in [-0.1, -0.05) is 24.3 Å². The monoisotopic (exact) mass is 288 g/mol. The first-order valence-electron chi connectivity index (χ1n) is 5.59. The first-order chi connectivity index (χ1) is 8.44. The van der Waals surface area contributed by atoms with E-state index in [1.54, 1.807) is 18.2 Å². The Morgan fingerprint density at radius 3 is 2.37 bits per heavy atom. The van der Waals surface area contributed by atoms with Gasteiger partial charge in [-0.3, -0.25) is 0 Å². The van der Waals surface area contributed by atoms with Crippen molar-refractivity contribution in [2.45, 2.75) is 12.8 Å². The topological polar surface area (TPSA) is 77.4 Å². The van der Waals surface area contributed by atoms with Crippen molar-refractivity contribution < 1.29 is 47.6 Å². The van der Waals surface area contributed by atoms with Crippen molar-refractivity contribution in [1.29, 1.82) is 0 Å². The van der Waals surface area contributed by atoms with Crippen molar-refractivity contribution in [3.8, 4) is 5.75 Å². The van der Waals surface area contributed by atoms with Gasteiger partial charge in [0, 0.05) is 5.75 Å². The third-order valence-electron chi connectivity index (χ3n) is 2.75. The number of aryl methyl sites for hydroxylation is 1. The van der Waals surface area contributed by atoms with Gasteiger partial charge in [0.15, 0.2) is 0 Å². The Balaban J connectivity index is 0.00000180. The van der Waals surface area contributed by atoms with Gasteiger partial charge >= 0.3 is 29.6 Å². The van der Waals surface area contributed by atoms with Gasteiger partial charge in [0.05, 0.1) is 10.1 Å². The predicted molar refractivity (Wildman–Crippen MR) is 68.5 cm³/mol. The quantitative estimate of drug-likeness (QED) is 0.580. The molecule has 2 aromatic rings. The molecule has 4 nitrogen and oxygen atoms in total. The van der Waals surface area contributed by atoms with E-state index in [4.69, 9.17) is 0 Å². The molecule has 0 aliphatic heterocycles. The standard InChI is InChI=1S/C13H14O4S.Na/c14-13-6-5-11-8-10(3-4-12(11)9-13)2-1-7-18(15,16)17;/h3-6,8-9,14H,1-2,7H2,(H,15,16,17);/q;+1/p-1. The zero-order valence-corrected chi connectivity index (χ0v) is 13.5. The molecule has 6 heteroatoms. The minimum absolute atomic E-state index is 0. The van der Waals surface area contributed by atoms with Crippen LogP contribution in [0.1, 0.15) is 12.0 Å². The van der Waals surface area contributed by atoms with Crippen LogP contribution in [0.15, 0.2) is 36.4 Å². The molecule has 0 aliphatic carbocycles. The zero-order valence-electron chi connectivity index (χ0n) is 10.7. The molecule has 0 aromatic heterocycles. The van der Waals surface area contributed by atoms with Gasteiger partial charge < -0.3 is 9.66 Å². The third-order valence-corrected chi connectivity index (χ3v) is 3.54. The summed E-state index contributed by atoms with van der Waals surface area (Å²) in [6.45, 7) is 0. The molecule has 0 amide bonds. The normalized spacial score (nSPS) is 11.2. The van der Waals surface area contributed by atoms with E-state index in [2.05, 4.69) is 0 Å². The molecule has 0 atom stereocenters. The average Bonchev–Trinajstić information content (AvgIpc) is 2.27. The fraction of sp³-hybridized carbons (Fsp3) is 0.231. The van der Waals surface area contributed by atoms with Crippen LogP contribution in [0.5, 0.6) is 5.75 Å². The summed E-state index contributed by atoms with van der Waals surface area (Å²) in [5.41, 5.74) is 0.983. The van der Waals surface area contributed by atoms with Crippen LogP contribution in [-0.2, 0) is 16.5 Å². The van der Waals surface area contributed by atoms with E-state index in [0.717, 1.165) is 16.3 Å². The first-order valence-corrected chi connectivity index (χ1v) is 7.17. The number of hydrogen-bond donors (Lipinski definition) is 1. The van der Waals surface area contributed by atoms with E-state index >= 15 is 0 Å². The molecule has 0 radical (unpaired) electrons. The second-order valence-electron chi connectivity index (χ2n) is 4.23. The fourth-order valence-corrected chi connectivity index (χ4v) is 2.39. The second kappa shape index (κ2) is 6.72. The molecule has 0 bridgehead atoms. The number of phenolic OH excluding ortho intramolecular Hbond substituents is 1. The van der Waals surface area contributed by atoms with E-state index < -0.39 is 10.1 Å². The smallest absolute Gasteiger partial charge is 0.748 e. The summed E-state index contributed by atoms with van der Waals surface area (Å²) in [6.07, 6.45) is 0.883. The summed E-state index contributed by atoms with van der Waals surface area (Å²) in [5.74, 6) is -0.117. The number of hydrogen-bond acceptors (Lipinski definition) is 4. The molecule has 96 valence electrons. The molecule has 0 fully saturated rings. The van der Waals surface area contributed by atoms with Crippen LogP contribution >= 0.6 is 0 Å². The Morgan fingerprint density at radius 1 is 1.05 bits per heavy atom. The van der Waals surface area contributed by atoms with Crippen molar-refractivity contribution in [3.63, 3.8) is 0 Å². The Morgan fingerprint density at radius 2 is 1.68 bits per heavy atom. The van der Waals surface area contributed by atoms with Crippen LogP contribution in [0.4, 0.5) is 0 Å². The van der Waals surface area contributed by atoms with Crippen molar-refractivity contribution >= 4 is 20.9 Å². The second-order valence-corrected chi connectivity index (χ2v) is 5.75. The Hall–Kier alpha value is -0.590. The van der Waals surface area contributed by atoms with E-state index in [9.17, 15) is 18.1 Å². The molecule has 0 spiro atoms. The first kappa shape index (κ1) is 16.5. The Kier molecular flexibility index (Phi) is 5.82. The summed E-state index contributed by atoms with van der Waals surface area (Å²) in [4.78, 5) is 0. The van der Waals surface area contributed by atoms with Crippen molar-refractivity contribution in [1.82, 2.24) is 0 Å². The van der Waals surface area contributed by atoms with E-state index in [1.807, 2.05) is 18.2 Å². The summed E-state index contributed by atoms with van der Waals surface area (Å²) in [7, 11) is -4.13. The summed E-state index contributed by atoms with van der Waals surface area (Å²) in [5, 5.41) is 11.2. The molecule has 2 aromatic carbocycles. The molecule has 2 rings (SSSR count). The molecule has 0 aliphatic rings. The number of aromatic hydroxyl groups is 1. The number of rotatable bonds is 4. The maximum Gasteiger partial charge on any atom is 1.00 e. The van der Waals surface area contributed by atoms with Crippen molar-refractivity contribution in [2.75, 3.05) is 5.75 Å². The third kappa shape index (κ3) is 5.12. The van der Waals surface area contributed by atoms with E-state index in [0.29, 0.717) is 12.8 Å². The van der Waals surface area contributed by atoms with Crippen LogP contribution < -0.4 is 29.6 Å².